The van der Waals surface area contributed by atoms with E-state index in [9.17, 15) is 4.79 Å². The van der Waals surface area contributed by atoms with Crippen LogP contribution >= 0.6 is 0 Å². The molecule has 5 heteroatoms. The molecule has 5 nitrogen and oxygen atoms in total. The fraction of sp³-hybridized carbons (Fsp3) is 0.733. The molecule has 4 N–H and O–H groups in total. The Kier molecular flexibility index (Phi) is 2.75. The maximum atomic E-state index is 12.2. The molecule has 0 aliphatic heterocycles. The maximum Gasteiger partial charge on any atom is 0.273 e. The number of anilines is 1. The Morgan fingerprint density at radius 2 is 1.90 bits per heavy atom. The van der Waals surface area contributed by atoms with Crippen LogP contribution < -0.4 is 11.1 Å². The van der Waals surface area contributed by atoms with Gasteiger partial charge in [-0.3, -0.25) is 9.89 Å². The Bertz CT molecular complexity index is 514. The summed E-state index contributed by atoms with van der Waals surface area (Å²) in [6, 6.07) is 0. The molecule has 0 saturated heterocycles. The average molecular weight is 274 g/mol. The van der Waals surface area contributed by atoms with Crippen LogP contribution in [0.1, 0.15) is 60.6 Å². The Hall–Kier alpha value is -1.52. The number of hydrogen-bond acceptors (Lipinski definition) is 3. The number of nitrogen functional groups attached to an aromatic ring is 1. The number of H-pyrrole nitrogens is 1. The number of carbonyl (C=O) groups excluding carboxylic acids is 1. The molecule has 0 radical (unpaired) electrons. The molecule has 3 aliphatic carbocycles. The predicted octanol–water partition coefficient (Wildman–Crippen LogP) is 2.04. The zero-order valence-electron chi connectivity index (χ0n) is 11.7. The Labute approximate surface area is 118 Å². The van der Waals surface area contributed by atoms with Crippen molar-refractivity contribution >= 4 is 11.6 Å². The van der Waals surface area contributed by atoms with Crippen LogP contribution in [-0.2, 0) is 0 Å². The lowest BCUT2D eigenvalue weighted by Gasteiger charge is -2.15. The van der Waals surface area contributed by atoms with Crippen molar-refractivity contribution < 1.29 is 4.79 Å². The summed E-state index contributed by atoms with van der Waals surface area (Å²) < 4.78 is 0. The fourth-order valence-electron chi connectivity index (χ4n) is 3.28. The Morgan fingerprint density at radius 3 is 2.45 bits per heavy atom. The molecule has 0 spiro atoms. The molecule has 0 bridgehead atoms. The number of carbonyl (C=O) groups is 1. The van der Waals surface area contributed by atoms with Crippen LogP contribution in [0.2, 0.25) is 0 Å². The molecular formula is C15H22N4O. The van der Waals surface area contributed by atoms with E-state index in [4.69, 9.17) is 5.73 Å². The van der Waals surface area contributed by atoms with Crippen LogP contribution in [0.25, 0.3) is 0 Å². The van der Waals surface area contributed by atoms with Crippen molar-refractivity contribution in [2.75, 3.05) is 12.3 Å². The highest BCUT2D eigenvalue weighted by molar-refractivity contribution is 5.97. The molecule has 1 aromatic rings. The number of amides is 1. The highest BCUT2D eigenvalue weighted by atomic mass is 16.1. The normalized spacial score (nSPS) is 22.2. The van der Waals surface area contributed by atoms with E-state index in [2.05, 4.69) is 15.5 Å². The van der Waals surface area contributed by atoms with Gasteiger partial charge in [-0.15, -0.1) is 0 Å². The fourth-order valence-corrected chi connectivity index (χ4v) is 3.28. The van der Waals surface area contributed by atoms with Crippen LogP contribution in [0.15, 0.2) is 0 Å². The Balaban J connectivity index is 1.39. The lowest BCUT2D eigenvalue weighted by Crippen LogP contribution is -2.31. The van der Waals surface area contributed by atoms with E-state index in [0.717, 1.165) is 36.9 Å². The monoisotopic (exact) mass is 274 g/mol. The molecule has 3 saturated carbocycles. The highest BCUT2D eigenvalue weighted by Crippen LogP contribution is 2.48. The molecular weight excluding hydrogens is 252 g/mol. The summed E-state index contributed by atoms with van der Waals surface area (Å²) in [7, 11) is 0. The first-order valence-corrected chi connectivity index (χ1v) is 7.86. The van der Waals surface area contributed by atoms with E-state index in [-0.39, 0.29) is 5.91 Å². The summed E-state index contributed by atoms with van der Waals surface area (Å²) in [4.78, 5) is 12.2. The summed E-state index contributed by atoms with van der Waals surface area (Å²) in [6.45, 7) is 0.791. The van der Waals surface area contributed by atoms with Crippen molar-refractivity contribution in [2.24, 2.45) is 17.8 Å². The second-order valence-electron chi connectivity index (χ2n) is 6.72. The average Bonchev–Trinajstić information content (AvgIpc) is 3.28. The topological polar surface area (TPSA) is 83.8 Å². The van der Waals surface area contributed by atoms with Gasteiger partial charge in [0.25, 0.3) is 5.91 Å². The van der Waals surface area contributed by atoms with Gasteiger partial charge < -0.3 is 11.1 Å². The van der Waals surface area contributed by atoms with Crippen LogP contribution in [0, 0.1) is 17.8 Å². The zero-order chi connectivity index (χ0) is 13.7. The van der Waals surface area contributed by atoms with Crippen molar-refractivity contribution in [3.8, 4) is 0 Å². The number of hydrogen-bond donors (Lipinski definition) is 3. The van der Waals surface area contributed by atoms with Gasteiger partial charge in [-0.1, -0.05) is 0 Å². The van der Waals surface area contributed by atoms with Gasteiger partial charge in [-0.2, -0.15) is 5.10 Å². The molecule has 1 amide bonds. The van der Waals surface area contributed by atoms with Gasteiger partial charge >= 0.3 is 0 Å². The third-order valence-corrected chi connectivity index (χ3v) is 4.99. The number of rotatable bonds is 6. The van der Waals surface area contributed by atoms with Gasteiger partial charge in [-0.25, -0.2) is 0 Å². The van der Waals surface area contributed by atoms with Gasteiger partial charge in [0.15, 0.2) is 5.69 Å². The molecule has 0 unspecified atom stereocenters. The first-order valence-electron chi connectivity index (χ1n) is 7.86. The molecule has 0 aromatic carbocycles. The smallest absolute Gasteiger partial charge is 0.273 e. The predicted molar refractivity (Wildman–Crippen MR) is 76.2 cm³/mol. The van der Waals surface area contributed by atoms with Gasteiger partial charge in [0.05, 0.1) is 11.4 Å². The first kappa shape index (κ1) is 12.2. The van der Waals surface area contributed by atoms with Crippen molar-refractivity contribution in [1.82, 2.24) is 15.5 Å². The minimum Gasteiger partial charge on any atom is -0.395 e. The van der Waals surface area contributed by atoms with Gasteiger partial charge in [0, 0.05) is 12.5 Å². The van der Waals surface area contributed by atoms with Crippen LogP contribution in [0.3, 0.4) is 0 Å². The number of nitrogens with zero attached hydrogens (tertiary/aromatic N) is 1. The summed E-state index contributed by atoms with van der Waals surface area (Å²) >= 11 is 0. The third-order valence-electron chi connectivity index (χ3n) is 4.99. The second-order valence-corrected chi connectivity index (χ2v) is 6.72. The van der Waals surface area contributed by atoms with Gasteiger partial charge in [0.2, 0.25) is 0 Å². The van der Waals surface area contributed by atoms with E-state index in [1.54, 1.807) is 0 Å². The summed E-state index contributed by atoms with van der Waals surface area (Å²) in [5, 5.41) is 10.1. The molecule has 3 aliphatic rings. The molecule has 108 valence electrons. The highest BCUT2D eigenvalue weighted by Gasteiger charge is 2.41. The van der Waals surface area contributed by atoms with Crippen LogP contribution in [0.5, 0.6) is 0 Å². The van der Waals surface area contributed by atoms with E-state index in [1.807, 2.05) is 0 Å². The van der Waals surface area contributed by atoms with E-state index < -0.39 is 0 Å². The van der Waals surface area contributed by atoms with Crippen molar-refractivity contribution in [3.63, 3.8) is 0 Å². The number of aromatic amines is 1. The minimum atomic E-state index is -0.114. The molecule has 0 atom stereocenters. The molecule has 3 fully saturated rings. The first-order chi connectivity index (χ1) is 9.74. The second kappa shape index (κ2) is 4.50. The zero-order valence-corrected chi connectivity index (χ0v) is 11.7. The number of nitrogens with one attached hydrogen (secondary N) is 2. The van der Waals surface area contributed by atoms with Gasteiger partial charge in [0.1, 0.15) is 0 Å². The van der Waals surface area contributed by atoms with Gasteiger partial charge in [-0.05, 0) is 56.3 Å². The van der Waals surface area contributed by atoms with Crippen LogP contribution in [0.4, 0.5) is 5.69 Å². The largest absolute Gasteiger partial charge is 0.395 e. The van der Waals surface area contributed by atoms with Crippen molar-refractivity contribution in [2.45, 2.75) is 44.4 Å². The summed E-state index contributed by atoms with van der Waals surface area (Å²) in [5.41, 5.74) is 7.94. The van der Waals surface area contributed by atoms with E-state index in [1.165, 1.54) is 25.7 Å². The quantitative estimate of drug-likeness (QED) is 0.742. The van der Waals surface area contributed by atoms with E-state index in [0.29, 0.717) is 23.2 Å². The summed E-state index contributed by atoms with van der Waals surface area (Å²) in [5.74, 6) is 2.76. The summed E-state index contributed by atoms with van der Waals surface area (Å²) in [6.07, 6.45) is 7.67. The maximum absolute atomic E-state index is 12.2. The standard InChI is InChI=1S/C15H22N4O/c16-12-13(10-5-6-10)18-19-14(12)15(20)17-7-11(8-1-2-8)9-3-4-9/h8-11H,1-7,16H2,(H,17,20)(H,18,19). The minimum absolute atomic E-state index is 0.114. The SMILES string of the molecule is Nc1c(C(=O)NCC(C2CC2)C2CC2)n[nH]c1C1CC1. The Morgan fingerprint density at radius 1 is 1.25 bits per heavy atom. The molecule has 4 rings (SSSR count). The van der Waals surface area contributed by atoms with E-state index >= 15 is 0 Å². The number of nitrogens with two attached hydrogens (primary N) is 1. The van der Waals surface area contributed by atoms with Crippen LogP contribution in [-0.4, -0.2) is 22.6 Å². The number of aromatic nitrogens is 2. The third kappa shape index (κ3) is 2.30. The lowest BCUT2D eigenvalue weighted by molar-refractivity contribution is 0.0939. The molecule has 1 aromatic heterocycles. The molecule has 20 heavy (non-hydrogen) atoms. The van der Waals surface area contributed by atoms with Crippen molar-refractivity contribution in [1.29, 1.82) is 0 Å². The lowest BCUT2D eigenvalue weighted by atomic mass is 9.98. The van der Waals surface area contributed by atoms with Crippen molar-refractivity contribution in [3.05, 3.63) is 11.4 Å². The molecule has 1 heterocycles.